The fourth-order valence-corrected chi connectivity index (χ4v) is 8.52. The number of likely N-dealkylation sites (N-methyl/N-ethyl adjacent to an activating group) is 1. The van der Waals surface area contributed by atoms with Crippen LogP contribution < -0.4 is 9.64 Å². The highest BCUT2D eigenvalue weighted by Gasteiger charge is 2.45. The van der Waals surface area contributed by atoms with Gasteiger partial charge >= 0.3 is 6.01 Å². The molecule has 282 valence electrons. The van der Waals surface area contributed by atoms with Crippen molar-refractivity contribution in [2.45, 2.75) is 63.5 Å². The molecule has 9 rings (SSSR count). The van der Waals surface area contributed by atoms with Gasteiger partial charge in [0.1, 0.15) is 23.6 Å². The van der Waals surface area contributed by atoms with E-state index in [0.717, 1.165) is 49.5 Å². The molecule has 12 nitrogen and oxygen atoms in total. The van der Waals surface area contributed by atoms with Gasteiger partial charge < -0.3 is 23.8 Å². The van der Waals surface area contributed by atoms with Crippen LogP contribution in [0.1, 0.15) is 63.6 Å². The molecule has 5 aromatic rings. The molecule has 0 aliphatic carbocycles. The number of ether oxygens (including phenoxy) is 2. The Labute approximate surface area is 318 Å². The van der Waals surface area contributed by atoms with E-state index in [1.54, 1.807) is 23.2 Å². The maximum atomic E-state index is 16.9. The smallest absolute Gasteiger partial charge is 0.319 e. The number of carbonyl (C=O) groups excluding carboxylic acids is 1. The van der Waals surface area contributed by atoms with E-state index in [0.29, 0.717) is 66.9 Å². The minimum absolute atomic E-state index is 0.0414. The number of rotatable bonds is 9. The number of benzene rings is 2. The predicted octanol–water partition coefficient (Wildman–Crippen LogP) is 6.92. The number of likely N-dealkylation sites (tertiary alicyclic amines) is 1. The van der Waals surface area contributed by atoms with Crippen molar-refractivity contribution in [1.29, 1.82) is 0 Å². The SMILES string of the molecule is CC.CN(c1nc(OCC23CCCN2CCC3)nc2c(F)c(-c3cccc4cccc(Cl)c34)ncc12)C1CCN(C(=O)/C=C/c2nc(C3COC3)no2)C1. The van der Waals surface area contributed by atoms with Crippen molar-refractivity contribution in [2.75, 3.05) is 57.9 Å². The number of amides is 1. The molecule has 1 unspecified atom stereocenters. The van der Waals surface area contributed by atoms with Gasteiger partial charge in [-0.25, -0.2) is 4.39 Å². The lowest BCUT2D eigenvalue weighted by atomic mass is 9.95. The molecule has 0 N–H and O–H groups in total. The highest BCUT2D eigenvalue weighted by atomic mass is 35.5. The summed E-state index contributed by atoms with van der Waals surface area (Å²) in [5, 5.41) is 6.58. The second kappa shape index (κ2) is 15.2. The molecule has 0 saturated carbocycles. The zero-order valence-corrected chi connectivity index (χ0v) is 31.6. The molecule has 1 amide bonds. The van der Waals surface area contributed by atoms with Gasteiger partial charge in [-0.2, -0.15) is 15.0 Å². The van der Waals surface area contributed by atoms with Gasteiger partial charge in [-0.1, -0.05) is 60.9 Å². The first kappa shape index (κ1) is 36.3. The average molecular weight is 755 g/mol. The molecule has 7 heterocycles. The highest BCUT2D eigenvalue weighted by molar-refractivity contribution is 6.36. The first-order valence-electron chi connectivity index (χ1n) is 18.9. The van der Waals surface area contributed by atoms with Crippen LogP contribution in [0.4, 0.5) is 10.2 Å². The summed E-state index contributed by atoms with van der Waals surface area (Å²) in [6.07, 6.45) is 9.69. The van der Waals surface area contributed by atoms with Crippen molar-refractivity contribution >= 4 is 51.1 Å². The number of hydrogen-bond donors (Lipinski definition) is 0. The van der Waals surface area contributed by atoms with Crippen LogP contribution >= 0.6 is 11.6 Å². The molecule has 4 fully saturated rings. The number of fused-ring (bicyclic) bond motifs is 3. The molecule has 0 bridgehead atoms. The molecule has 4 aliphatic heterocycles. The van der Waals surface area contributed by atoms with E-state index in [1.165, 1.54) is 6.08 Å². The monoisotopic (exact) mass is 754 g/mol. The Balaban J connectivity index is 0.00000203. The van der Waals surface area contributed by atoms with E-state index >= 15 is 4.39 Å². The van der Waals surface area contributed by atoms with Crippen LogP contribution in [0.15, 0.2) is 53.2 Å². The Hall–Kier alpha value is -4.72. The summed E-state index contributed by atoms with van der Waals surface area (Å²) in [5.74, 6) is 0.754. The first-order valence-corrected chi connectivity index (χ1v) is 19.3. The van der Waals surface area contributed by atoms with Crippen LogP contribution in [0.3, 0.4) is 0 Å². The van der Waals surface area contributed by atoms with Crippen LogP contribution in [0, 0.1) is 5.82 Å². The van der Waals surface area contributed by atoms with Gasteiger partial charge in [0.15, 0.2) is 11.6 Å². The fraction of sp³-hybridized carbons (Fsp3) is 0.450. The Morgan fingerprint density at radius 2 is 1.87 bits per heavy atom. The van der Waals surface area contributed by atoms with E-state index in [-0.39, 0.29) is 46.5 Å². The molecular formula is C40H44ClFN8O4. The van der Waals surface area contributed by atoms with E-state index in [2.05, 4.69) is 20.0 Å². The molecule has 2 aromatic carbocycles. The zero-order chi connectivity index (χ0) is 37.4. The highest BCUT2D eigenvalue weighted by Crippen LogP contribution is 2.40. The van der Waals surface area contributed by atoms with Crippen LogP contribution in [0.5, 0.6) is 6.01 Å². The van der Waals surface area contributed by atoms with Gasteiger partial charge in [0, 0.05) is 60.5 Å². The van der Waals surface area contributed by atoms with Crippen LogP contribution in [0.25, 0.3) is 39.0 Å². The maximum absolute atomic E-state index is 16.9. The topological polar surface area (TPSA) is 123 Å². The molecule has 4 saturated heterocycles. The number of carbonyl (C=O) groups is 1. The predicted molar refractivity (Wildman–Crippen MR) is 205 cm³/mol. The number of nitrogens with zero attached hydrogens (tertiary/aromatic N) is 8. The summed E-state index contributed by atoms with van der Waals surface area (Å²) in [5.41, 5.74) is 0.811. The summed E-state index contributed by atoms with van der Waals surface area (Å²) in [6, 6.07) is 11.3. The number of halogens is 2. The lowest BCUT2D eigenvalue weighted by Gasteiger charge is -2.31. The third-order valence-corrected chi connectivity index (χ3v) is 11.5. The number of pyridine rings is 1. The van der Waals surface area contributed by atoms with Gasteiger partial charge in [-0.05, 0) is 56.6 Å². The average Bonchev–Trinajstić information content (AvgIpc) is 3.99. The van der Waals surface area contributed by atoms with Crippen LogP contribution in [0.2, 0.25) is 5.02 Å². The van der Waals surface area contributed by atoms with Crippen molar-refractivity contribution in [3.05, 3.63) is 71.2 Å². The zero-order valence-electron chi connectivity index (χ0n) is 30.8. The number of hydrogen-bond acceptors (Lipinski definition) is 11. The van der Waals surface area contributed by atoms with Crippen molar-refractivity contribution in [2.24, 2.45) is 0 Å². The quantitative estimate of drug-likeness (QED) is 0.146. The van der Waals surface area contributed by atoms with E-state index < -0.39 is 5.82 Å². The lowest BCUT2D eigenvalue weighted by Crippen LogP contribution is -2.43. The summed E-state index contributed by atoms with van der Waals surface area (Å²) < 4.78 is 33.8. The third kappa shape index (κ3) is 6.66. The minimum atomic E-state index is -0.573. The van der Waals surface area contributed by atoms with Gasteiger partial charge in [0.05, 0.1) is 30.1 Å². The summed E-state index contributed by atoms with van der Waals surface area (Å²) >= 11 is 6.65. The third-order valence-electron chi connectivity index (χ3n) is 11.2. The maximum Gasteiger partial charge on any atom is 0.319 e. The second-order valence-electron chi connectivity index (χ2n) is 14.3. The Kier molecular flexibility index (Phi) is 10.2. The molecule has 54 heavy (non-hydrogen) atoms. The molecule has 14 heteroatoms. The molecule has 0 radical (unpaired) electrons. The molecule has 4 aliphatic rings. The van der Waals surface area contributed by atoms with E-state index in [1.807, 2.05) is 56.1 Å². The van der Waals surface area contributed by atoms with Gasteiger partial charge in [-0.15, -0.1) is 0 Å². The number of anilines is 1. The van der Waals surface area contributed by atoms with Gasteiger partial charge in [0.2, 0.25) is 5.91 Å². The largest absolute Gasteiger partial charge is 0.461 e. The molecule has 0 spiro atoms. The molecule has 1 atom stereocenters. The number of aromatic nitrogens is 5. The van der Waals surface area contributed by atoms with Gasteiger partial charge in [0.25, 0.3) is 5.89 Å². The van der Waals surface area contributed by atoms with E-state index in [4.69, 9.17) is 35.6 Å². The first-order chi connectivity index (χ1) is 26.4. The minimum Gasteiger partial charge on any atom is -0.461 e. The van der Waals surface area contributed by atoms with E-state index in [9.17, 15) is 4.79 Å². The van der Waals surface area contributed by atoms with Crippen molar-refractivity contribution in [3.8, 4) is 17.3 Å². The standard InChI is InChI=1S/C38H38ClFN8O4.C2H6/c1-46(25-12-17-47(19-25)30(49)11-10-29-42-35(45-52-29)24-20-50-21-24)36-27-18-41-33(26-8-2-6-23-7-3-9-28(39)31(23)26)32(40)34(27)43-37(44-36)51-22-38-13-4-15-48(38)16-5-14-38;1-2/h2-3,6-11,18,24-25H,4-5,12-17,19-22H2,1H3;1-2H3/b11-10+;. The Morgan fingerprint density at radius 3 is 2.63 bits per heavy atom. The summed E-state index contributed by atoms with van der Waals surface area (Å²) in [4.78, 5) is 38.1. The Bertz CT molecular complexity index is 2190. The van der Waals surface area contributed by atoms with Crippen LogP contribution in [-0.4, -0.2) is 105 Å². The van der Waals surface area contributed by atoms with Gasteiger partial charge in [-0.3, -0.25) is 14.7 Å². The normalized spacial score (nSPS) is 19.6. The molecule has 3 aromatic heterocycles. The van der Waals surface area contributed by atoms with Crippen LogP contribution in [-0.2, 0) is 9.53 Å². The van der Waals surface area contributed by atoms with Crippen molar-refractivity contribution in [1.82, 2.24) is 34.9 Å². The van der Waals surface area contributed by atoms with Crippen molar-refractivity contribution in [3.63, 3.8) is 0 Å². The Morgan fingerprint density at radius 1 is 1.09 bits per heavy atom. The fourth-order valence-electron chi connectivity index (χ4n) is 8.24. The second-order valence-corrected chi connectivity index (χ2v) is 14.7. The molecular weight excluding hydrogens is 711 g/mol. The van der Waals surface area contributed by atoms with Crippen molar-refractivity contribution < 1.29 is 23.2 Å². The summed E-state index contributed by atoms with van der Waals surface area (Å²) in [6.45, 7) is 8.68. The lowest BCUT2D eigenvalue weighted by molar-refractivity contribution is -0.124. The summed E-state index contributed by atoms with van der Waals surface area (Å²) in [7, 11) is 1.91.